The first-order chi connectivity index (χ1) is 13.2. The van der Waals surface area contributed by atoms with Gasteiger partial charge < -0.3 is 5.32 Å². The fraction of sp³-hybridized carbons (Fsp3) is 0.520. The van der Waals surface area contributed by atoms with E-state index in [0.29, 0.717) is 11.8 Å². The van der Waals surface area contributed by atoms with Crippen molar-refractivity contribution >= 4 is 5.69 Å². The minimum atomic E-state index is 0.678. The Bertz CT molecular complexity index is 744. The van der Waals surface area contributed by atoms with Crippen molar-refractivity contribution < 1.29 is 0 Å². The highest BCUT2D eigenvalue weighted by molar-refractivity contribution is 5.62. The third-order valence-corrected chi connectivity index (χ3v) is 6.37. The molecule has 4 rings (SSSR count). The summed E-state index contributed by atoms with van der Waals surface area (Å²) in [6.45, 7) is 9.49. The molecule has 1 unspecified atom stereocenters. The van der Waals surface area contributed by atoms with E-state index in [9.17, 15) is 0 Å². The van der Waals surface area contributed by atoms with E-state index in [4.69, 9.17) is 0 Å². The number of likely N-dealkylation sites (tertiary alicyclic amines) is 1. The van der Waals surface area contributed by atoms with Crippen LogP contribution in [0.25, 0.3) is 0 Å². The highest BCUT2D eigenvalue weighted by Gasteiger charge is 2.26. The standard InChI is InChI=1S/C25H34N2/c1-19(2)23-11-12-26-25-22(18-27-13-7-4-8-14-27)16-21(17-24(23)25)15-20-9-5-3-6-10-20/h3,5-6,9-10,16-17,19,23,26H,4,7-8,11-15,18H2,1-2H3. The van der Waals surface area contributed by atoms with Crippen LogP contribution in [-0.4, -0.2) is 24.5 Å². The fourth-order valence-corrected chi connectivity index (χ4v) is 4.92. The summed E-state index contributed by atoms with van der Waals surface area (Å²) in [7, 11) is 0. The average molecular weight is 363 g/mol. The van der Waals surface area contributed by atoms with Crippen molar-refractivity contribution in [1.82, 2.24) is 4.90 Å². The Balaban J connectivity index is 1.69. The van der Waals surface area contributed by atoms with Crippen molar-refractivity contribution in [2.75, 3.05) is 25.0 Å². The van der Waals surface area contributed by atoms with E-state index in [2.05, 4.69) is 66.5 Å². The molecule has 1 N–H and O–H groups in total. The zero-order valence-electron chi connectivity index (χ0n) is 17.0. The van der Waals surface area contributed by atoms with E-state index in [1.807, 2.05) is 0 Å². The van der Waals surface area contributed by atoms with E-state index < -0.39 is 0 Å². The number of rotatable bonds is 5. The summed E-state index contributed by atoms with van der Waals surface area (Å²) < 4.78 is 0. The first-order valence-electron chi connectivity index (χ1n) is 10.9. The maximum atomic E-state index is 3.77. The van der Waals surface area contributed by atoms with Gasteiger partial charge in [0, 0.05) is 18.8 Å². The number of hydrogen-bond donors (Lipinski definition) is 1. The van der Waals surface area contributed by atoms with Gasteiger partial charge in [0.05, 0.1) is 0 Å². The molecule has 0 amide bonds. The first-order valence-corrected chi connectivity index (χ1v) is 10.9. The zero-order chi connectivity index (χ0) is 18.6. The van der Waals surface area contributed by atoms with Crippen LogP contribution >= 0.6 is 0 Å². The third kappa shape index (κ3) is 4.38. The molecule has 2 nitrogen and oxygen atoms in total. The van der Waals surface area contributed by atoms with E-state index in [1.54, 1.807) is 5.56 Å². The molecule has 1 saturated heterocycles. The Morgan fingerprint density at radius 3 is 2.52 bits per heavy atom. The monoisotopic (exact) mass is 362 g/mol. The lowest BCUT2D eigenvalue weighted by Crippen LogP contribution is -2.30. The van der Waals surface area contributed by atoms with Crippen molar-refractivity contribution in [3.63, 3.8) is 0 Å². The molecule has 0 saturated carbocycles. The molecule has 2 aromatic rings. The SMILES string of the molecule is CC(C)C1CCNc2c(CN3CCCCC3)cc(Cc3ccccc3)cc21. The highest BCUT2D eigenvalue weighted by Crippen LogP contribution is 2.40. The van der Waals surface area contributed by atoms with Gasteiger partial charge in [-0.1, -0.05) is 62.7 Å². The lowest BCUT2D eigenvalue weighted by atomic mass is 9.80. The molecule has 2 aromatic carbocycles. The average Bonchev–Trinajstić information content (AvgIpc) is 2.69. The topological polar surface area (TPSA) is 15.3 Å². The summed E-state index contributed by atoms with van der Waals surface area (Å²) in [5.74, 6) is 1.37. The summed E-state index contributed by atoms with van der Waals surface area (Å²) in [4.78, 5) is 2.66. The summed E-state index contributed by atoms with van der Waals surface area (Å²) in [5, 5.41) is 3.77. The van der Waals surface area contributed by atoms with Crippen LogP contribution < -0.4 is 5.32 Å². The van der Waals surface area contributed by atoms with Gasteiger partial charge in [0.25, 0.3) is 0 Å². The lowest BCUT2D eigenvalue weighted by Gasteiger charge is -2.34. The predicted octanol–water partition coefficient (Wildman–Crippen LogP) is 5.82. The van der Waals surface area contributed by atoms with E-state index in [-0.39, 0.29) is 0 Å². The van der Waals surface area contributed by atoms with Crippen molar-refractivity contribution in [1.29, 1.82) is 0 Å². The second kappa shape index (κ2) is 8.48. The summed E-state index contributed by atoms with van der Waals surface area (Å²) in [6.07, 6.45) is 6.40. The number of hydrogen-bond acceptors (Lipinski definition) is 2. The van der Waals surface area contributed by atoms with Crippen LogP contribution in [0.4, 0.5) is 5.69 Å². The molecule has 1 fully saturated rings. The Hall–Kier alpha value is -1.80. The van der Waals surface area contributed by atoms with Gasteiger partial charge in [-0.2, -0.15) is 0 Å². The van der Waals surface area contributed by atoms with Crippen LogP contribution in [0.5, 0.6) is 0 Å². The minimum Gasteiger partial charge on any atom is -0.385 e. The highest BCUT2D eigenvalue weighted by atomic mass is 15.1. The van der Waals surface area contributed by atoms with Crippen molar-refractivity contribution in [2.45, 2.75) is 58.4 Å². The predicted molar refractivity (Wildman–Crippen MR) is 116 cm³/mol. The molecule has 0 aromatic heterocycles. The minimum absolute atomic E-state index is 0.678. The Kier molecular flexibility index (Phi) is 5.83. The van der Waals surface area contributed by atoms with Gasteiger partial charge in [-0.25, -0.2) is 0 Å². The molecule has 1 atom stereocenters. The van der Waals surface area contributed by atoms with Crippen molar-refractivity contribution in [3.05, 3.63) is 64.7 Å². The maximum Gasteiger partial charge on any atom is 0.0421 e. The molecule has 0 radical (unpaired) electrons. The molecule has 27 heavy (non-hydrogen) atoms. The van der Waals surface area contributed by atoms with Crippen LogP contribution in [-0.2, 0) is 13.0 Å². The number of nitrogens with zero attached hydrogens (tertiary/aromatic N) is 1. The number of fused-ring (bicyclic) bond motifs is 1. The molecular weight excluding hydrogens is 328 g/mol. The molecule has 2 aliphatic rings. The van der Waals surface area contributed by atoms with E-state index in [1.165, 1.54) is 61.2 Å². The van der Waals surface area contributed by atoms with Gasteiger partial charge in [0.15, 0.2) is 0 Å². The largest absolute Gasteiger partial charge is 0.385 e. The number of anilines is 1. The van der Waals surface area contributed by atoms with Gasteiger partial charge in [0.2, 0.25) is 0 Å². The number of benzene rings is 2. The first kappa shape index (κ1) is 18.6. The molecule has 0 spiro atoms. The van der Waals surface area contributed by atoms with Crippen molar-refractivity contribution in [3.8, 4) is 0 Å². The molecule has 2 heteroatoms. The molecule has 144 valence electrons. The maximum absolute atomic E-state index is 3.77. The zero-order valence-corrected chi connectivity index (χ0v) is 17.0. The molecule has 0 aliphatic carbocycles. The van der Waals surface area contributed by atoms with Crippen LogP contribution in [0.15, 0.2) is 42.5 Å². The molecular formula is C25H34N2. The molecule has 2 aliphatic heterocycles. The van der Waals surface area contributed by atoms with Gasteiger partial charge in [-0.15, -0.1) is 0 Å². The van der Waals surface area contributed by atoms with Crippen molar-refractivity contribution in [2.24, 2.45) is 5.92 Å². The Morgan fingerprint density at radius 1 is 1.00 bits per heavy atom. The van der Waals surface area contributed by atoms with Crippen LogP contribution in [0.1, 0.15) is 67.7 Å². The van der Waals surface area contributed by atoms with E-state index >= 15 is 0 Å². The second-order valence-electron chi connectivity index (χ2n) is 8.78. The van der Waals surface area contributed by atoms with Gasteiger partial charge in [-0.3, -0.25) is 4.90 Å². The summed E-state index contributed by atoms with van der Waals surface area (Å²) >= 11 is 0. The van der Waals surface area contributed by atoms with Crippen LogP contribution in [0.2, 0.25) is 0 Å². The summed E-state index contributed by atoms with van der Waals surface area (Å²) in [5.41, 5.74) is 7.41. The summed E-state index contributed by atoms with van der Waals surface area (Å²) in [6, 6.07) is 15.9. The Labute approximate surface area is 165 Å². The molecule has 0 bridgehead atoms. The van der Waals surface area contributed by atoms with Crippen LogP contribution in [0, 0.1) is 5.92 Å². The fourth-order valence-electron chi connectivity index (χ4n) is 4.92. The van der Waals surface area contributed by atoms with Gasteiger partial charge >= 0.3 is 0 Å². The van der Waals surface area contributed by atoms with Gasteiger partial charge in [-0.05, 0) is 72.9 Å². The normalized spacial score (nSPS) is 20.3. The van der Waals surface area contributed by atoms with Gasteiger partial charge in [0.1, 0.15) is 0 Å². The molecule has 2 heterocycles. The number of nitrogens with one attached hydrogen (secondary N) is 1. The smallest absolute Gasteiger partial charge is 0.0421 e. The Morgan fingerprint density at radius 2 is 1.78 bits per heavy atom. The second-order valence-corrected chi connectivity index (χ2v) is 8.78. The quantitative estimate of drug-likeness (QED) is 0.721. The number of piperidine rings is 1. The lowest BCUT2D eigenvalue weighted by molar-refractivity contribution is 0.221. The van der Waals surface area contributed by atoms with Crippen LogP contribution in [0.3, 0.4) is 0 Å². The van der Waals surface area contributed by atoms with E-state index in [0.717, 1.165) is 19.5 Å². The third-order valence-electron chi connectivity index (χ3n) is 6.37.